The Bertz CT molecular complexity index is 1090. The van der Waals surface area contributed by atoms with Crippen molar-refractivity contribution in [1.29, 1.82) is 0 Å². The van der Waals surface area contributed by atoms with E-state index in [0.717, 1.165) is 65.7 Å². The molecule has 4 N–H and O–H groups in total. The Kier molecular flexibility index (Phi) is 21.8. The van der Waals surface area contributed by atoms with Crippen LogP contribution in [0.15, 0.2) is 24.3 Å². The first-order valence-electron chi connectivity index (χ1n) is 17.0. The van der Waals surface area contributed by atoms with Gasteiger partial charge < -0.3 is 35.2 Å². The molecule has 2 aliphatic rings. The van der Waals surface area contributed by atoms with Gasteiger partial charge in [0, 0.05) is 47.4 Å². The first-order chi connectivity index (χ1) is 22.1. The number of nitrogens with one attached hydrogen (secondary N) is 2. The SMILES string of the molecule is CC1C(C2CCCCC2)CCN1C.CCC(C=O)CCCC(N)CF.COC(C)COC=O.Cc1cc2cc(NC=O)ccc2[nH]1. The zero-order valence-electron chi connectivity index (χ0n) is 29.1. The maximum Gasteiger partial charge on any atom is 0.293 e. The lowest BCUT2D eigenvalue weighted by Gasteiger charge is -2.31. The minimum Gasteiger partial charge on any atom is -0.465 e. The second-order valence-electron chi connectivity index (χ2n) is 12.7. The van der Waals surface area contributed by atoms with Gasteiger partial charge in [-0.05, 0) is 96.1 Å². The number of H-pyrrole nitrogens is 1. The van der Waals surface area contributed by atoms with Gasteiger partial charge in [0.05, 0.1) is 6.10 Å². The summed E-state index contributed by atoms with van der Waals surface area (Å²) in [5.74, 6) is 2.22. The lowest BCUT2D eigenvalue weighted by molar-refractivity contribution is -0.131. The lowest BCUT2D eigenvalue weighted by atomic mass is 9.77. The minimum absolute atomic E-state index is 0.000185. The van der Waals surface area contributed by atoms with Gasteiger partial charge in [-0.25, -0.2) is 4.39 Å². The van der Waals surface area contributed by atoms with Gasteiger partial charge in [-0.15, -0.1) is 0 Å². The Hall–Kier alpha value is -2.82. The van der Waals surface area contributed by atoms with Gasteiger partial charge in [0.15, 0.2) is 0 Å². The van der Waals surface area contributed by atoms with Crippen molar-refractivity contribution < 1.29 is 28.2 Å². The highest BCUT2D eigenvalue weighted by molar-refractivity contribution is 5.86. The number of aryl methyl sites for hydroxylation is 1. The summed E-state index contributed by atoms with van der Waals surface area (Å²) in [4.78, 5) is 35.9. The Morgan fingerprint density at radius 3 is 2.39 bits per heavy atom. The minimum atomic E-state index is -0.460. The van der Waals surface area contributed by atoms with Crippen LogP contribution in [0.4, 0.5) is 10.1 Å². The molecule has 0 spiro atoms. The molecule has 1 amide bonds. The Balaban J connectivity index is 0.000000312. The second kappa shape index (κ2) is 24.4. The predicted molar refractivity (Wildman–Crippen MR) is 186 cm³/mol. The third-order valence-electron chi connectivity index (χ3n) is 9.23. The van der Waals surface area contributed by atoms with E-state index in [1.807, 2.05) is 45.0 Å². The molecule has 2 heterocycles. The average Bonchev–Trinajstić information content (AvgIpc) is 3.62. The molecule has 46 heavy (non-hydrogen) atoms. The molecule has 0 radical (unpaired) electrons. The summed E-state index contributed by atoms with van der Waals surface area (Å²) in [5.41, 5.74) is 8.41. The number of carbonyl (C=O) groups excluding carboxylic acids is 3. The van der Waals surface area contributed by atoms with Gasteiger partial charge in [-0.1, -0.05) is 45.4 Å². The van der Waals surface area contributed by atoms with Crippen LogP contribution in [0.1, 0.15) is 90.7 Å². The molecule has 5 unspecified atom stereocenters. The van der Waals surface area contributed by atoms with E-state index < -0.39 is 6.67 Å². The normalized spacial score (nSPS) is 20.0. The summed E-state index contributed by atoms with van der Waals surface area (Å²) < 4.78 is 21.0. The molecule has 1 aliphatic heterocycles. The van der Waals surface area contributed by atoms with Crippen molar-refractivity contribution in [2.24, 2.45) is 23.5 Å². The van der Waals surface area contributed by atoms with Crippen molar-refractivity contribution in [2.75, 3.05) is 39.3 Å². The van der Waals surface area contributed by atoms with Gasteiger partial charge in [0.2, 0.25) is 6.41 Å². The van der Waals surface area contributed by atoms with Crippen LogP contribution in [-0.4, -0.2) is 81.2 Å². The fourth-order valence-electron chi connectivity index (χ4n) is 6.08. The molecule has 1 aliphatic carbocycles. The smallest absolute Gasteiger partial charge is 0.293 e. The zero-order valence-corrected chi connectivity index (χ0v) is 29.1. The van der Waals surface area contributed by atoms with Gasteiger partial charge in [0.1, 0.15) is 19.6 Å². The molecule has 1 saturated carbocycles. The fraction of sp³-hybridized carbons (Fsp3) is 0.694. The Labute approximate surface area is 276 Å². The van der Waals surface area contributed by atoms with Crippen LogP contribution in [0.5, 0.6) is 0 Å². The Morgan fingerprint density at radius 2 is 1.85 bits per heavy atom. The van der Waals surface area contributed by atoms with E-state index in [2.05, 4.69) is 33.9 Å². The molecule has 1 saturated heterocycles. The van der Waals surface area contributed by atoms with Crippen molar-refractivity contribution >= 4 is 35.8 Å². The predicted octanol–water partition coefficient (Wildman–Crippen LogP) is 6.82. The number of hydrogen-bond acceptors (Lipinski definition) is 7. The first-order valence-corrected chi connectivity index (χ1v) is 17.0. The van der Waals surface area contributed by atoms with Crippen LogP contribution in [0.3, 0.4) is 0 Å². The number of halogens is 1. The number of alkyl halides is 1. The monoisotopic (exact) mass is 648 g/mol. The molecular weight excluding hydrogens is 587 g/mol. The van der Waals surface area contributed by atoms with Crippen LogP contribution in [0, 0.1) is 24.7 Å². The van der Waals surface area contributed by atoms with E-state index in [1.165, 1.54) is 45.1 Å². The molecule has 2 aromatic rings. The summed E-state index contributed by atoms with van der Waals surface area (Å²) in [6, 6.07) is 8.32. The molecule has 0 bridgehead atoms. The van der Waals surface area contributed by atoms with Crippen LogP contribution in [0.2, 0.25) is 0 Å². The van der Waals surface area contributed by atoms with Gasteiger partial charge in [0.25, 0.3) is 6.47 Å². The van der Waals surface area contributed by atoms with Crippen LogP contribution < -0.4 is 11.1 Å². The van der Waals surface area contributed by atoms with Crippen molar-refractivity contribution in [1.82, 2.24) is 9.88 Å². The number of amides is 1. The van der Waals surface area contributed by atoms with Gasteiger partial charge in [-0.2, -0.15) is 0 Å². The third-order valence-corrected chi connectivity index (χ3v) is 9.23. The summed E-state index contributed by atoms with van der Waals surface area (Å²) in [5, 5.41) is 3.73. The maximum absolute atomic E-state index is 11.9. The van der Waals surface area contributed by atoms with Crippen molar-refractivity contribution in [3.8, 4) is 0 Å². The molecule has 2 fully saturated rings. The first kappa shape index (κ1) is 41.2. The van der Waals surface area contributed by atoms with Crippen molar-refractivity contribution in [3.05, 3.63) is 30.0 Å². The number of fused-ring (bicyclic) bond motifs is 1. The van der Waals surface area contributed by atoms with Crippen LogP contribution in [0.25, 0.3) is 10.9 Å². The summed E-state index contributed by atoms with van der Waals surface area (Å²) in [6.07, 6.45) is 13.9. The van der Waals surface area contributed by atoms with Gasteiger partial charge in [-0.3, -0.25) is 9.59 Å². The molecule has 4 rings (SSSR count). The zero-order chi connectivity index (χ0) is 34.3. The number of nitrogens with zero attached hydrogens (tertiary/aromatic N) is 1. The maximum atomic E-state index is 11.9. The van der Waals surface area contributed by atoms with E-state index in [9.17, 15) is 18.8 Å². The number of anilines is 1. The van der Waals surface area contributed by atoms with E-state index in [-0.39, 0.29) is 18.1 Å². The van der Waals surface area contributed by atoms with E-state index in [4.69, 9.17) is 10.5 Å². The quantitative estimate of drug-likeness (QED) is 0.192. The molecule has 5 atom stereocenters. The number of rotatable bonds is 14. The number of ether oxygens (including phenoxy) is 2. The largest absolute Gasteiger partial charge is 0.465 e. The van der Waals surface area contributed by atoms with E-state index >= 15 is 0 Å². The Morgan fingerprint density at radius 1 is 1.13 bits per heavy atom. The van der Waals surface area contributed by atoms with E-state index in [0.29, 0.717) is 25.9 Å². The summed E-state index contributed by atoms with van der Waals surface area (Å²) in [6.45, 7) is 9.85. The molecule has 1 aromatic heterocycles. The second-order valence-corrected chi connectivity index (χ2v) is 12.7. The number of methoxy groups -OCH3 is 1. The van der Waals surface area contributed by atoms with E-state index in [1.54, 1.807) is 7.11 Å². The fourth-order valence-corrected chi connectivity index (χ4v) is 6.08. The highest BCUT2D eigenvalue weighted by Gasteiger charge is 2.34. The molecule has 262 valence electrons. The highest BCUT2D eigenvalue weighted by Crippen LogP contribution is 2.37. The number of likely N-dealkylation sites (tertiary alicyclic amines) is 1. The molecule has 9 nitrogen and oxygen atoms in total. The number of hydrogen-bond donors (Lipinski definition) is 3. The molecule has 1 aromatic carbocycles. The number of nitrogens with two attached hydrogens (primary N) is 1. The molecule has 10 heteroatoms. The number of aromatic nitrogens is 1. The van der Waals surface area contributed by atoms with Gasteiger partial charge >= 0.3 is 0 Å². The van der Waals surface area contributed by atoms with Crippen molar-refractivity contribution in [2.45, 2.75) is 110 Å². The average molecular weight is 649 g/mol. The standard InChI is InChI=1S/C12H23N.C10H10N2O.C9H18FNO.C5H10O3/c1-10-12(8-9-13(10)2)11-6-4-3-5-7-11;1-7-4-8-5-9(11-6-13)2-3-10(8)12-7;1-2-8(7-12)4-3-5-9(11)6-10;1-5(7-2)3-8-4-6/h10-12H,3-9H2,1-2H3;2-6,12H,1H3,(H,11,13);7-9H,2-6,11H2,1H3;4-5H,3H2,1-2H3. The summed E-state index contributed by atoms with van der Waals surface area (Å²) in [7, 11) is 3.85. The topological polar surface area (TPSA) is 127 Å². The highest BCUT2D eigenvalue weighted by atomic mass is 19.1. The molecular formula is C36H61FN4O5. The third kappa shape index (κ3) is 16.1. The number of aldehydes is 1. The lowest BCUT2D eigenvalue weighted by Crippen LogP contribution is -2.30. The van der Waals surface area contributed by atoms with Crippen molar-refractivity contribution in [3.63, 3.8) is 0 Å². The van der Waals surface area contributed by atoms with Crippen LogP contribution in [-0.2, 0) is 23.9 Å². The number of carbonyl (C=O) groups is 3. The van der Waals surface area contributed by atoms with Crippen LogP contribution >= 0.6 is 0 Å². The number of aromatic amines is 1. The summed E-state index contributed by atoms with van der Waals surface area (Å²) >= 11 is 0. The number of benzene rings is 1.